The zero-order valence-corrected chi connectivity index (χ0v) is 11.3. The number of nitrogens with one attached hydrogen (secondary N) is 2. The summed E-state index contributed by atoms with van der Waals surface area (Å²) >= 11 is 0. The van der Waals surface area contributed by atoms with Crippen LogP contribution in [0.5, 0.6) is 0 Å². The van der Waals surface area contributed by atoms with Gasteiger partial charge in [-0.1, -0.05) is 6.07 Å². The molecule has 1 saturated heterocycles. The lowest BCUT2D eigenvalue weighted by Crippen LogP contribution is -2.45. The molecule has 0 spiro atoms. The summed E-state index contributed by atoms with van der Waals surface area (Å²) in [5.41, 5.74) is 0.937. The van der Waals surface area contributed by atoms with Gasteiger partial charge in [0.05, 0.1) is 0 Å². The average molecular weight is 271 g/mol. The number of fused-ring (bicyclic) bond motifs is 1. The van der Waals surface area contributed by atoms with Crippen molar-refractivity contribution in [1.29, 1.82) is 0 Å². The van der Waals surface area contributed by atoms with Crippen LogP contribution in [0.4, 0.5) is 5.69 Å². The molecule has 0 aromatic heterocycles. The lowest BCUT2D eigenvalue weighted by atomic mass is 10.1. The fraction of sp³-hybridized carbons (Fsp3) is 0.333. The Bertz CT molecular complexity index is 668. The highest BCUT2D eigenvalue weighted by molar-refractivity contribution is 5.96. The molecule has 1 unspecified atom stereocenters. The molecule has 5 nitrogen and oxygen atoms in total. The molecule has 20 heavy (non-hydrogen) atoms. The third-order valence-electron chi connectivity index (χ3n) is 3.85. The summed E-state index contributed by atoms with van der Waals surface area (Å²) in [6.07, 6.45) is 5.84. The molecule has 1 aromatic carbocycles. The first kappa shape index (κ1) is 12.7. The van der Waals surface area contributed by atoms with Crippen molar-refractivity contribution in [1.82, 2.24) is 10.6 Å². The van der Waals surface area contributed by atoms with E-state index in [-0.39, 0.29) is 18.1 Å². The molecule has 2 N–H and O–H groups in total. The minimum absolute atomic E-state index is 0.182. The molecular weight excluding hydrogens is 254 g/mol. The molecule has 2 heterocycles. The first-order valence-electron chi connectivity index (χ1n) is 6.79. The van der Waals surface area contributed by atoms with Crippen LogP contribution in [0.25, 0.3) is 12.3 Å². The van der Waals surface area contributed by atoms with Crippen LogP contribution < -0.4 is 26.0 Å². The van der Waals surface area contributed by atoms with Crippen molar-refractivity contribution in [3.05, 3.63) is 28.6 Å². The zero-order chi connectivity index (χ0) is 14.1. The maximum Gasteiger partial charge on any atom is 0.227 e. The normalized spacial score (nSPS) is 24.2. The molecule has 0 radical (unpaired) electrons. The van der Waals surface area contributed by atoms with Gasteiger partial charge in [0.25, 0.3) is 0 Å². The molecule has 0 saturated carbocycles. The summed E-state index contributed by atoms with van der Waals surface area (Å²) in [6.45, 7) is 2.07. The van der Waals surface area contributed by atoms with Crippen molar-refractivity contribution in [2.45, 2.75) is 32.0 Å². The van der Waals surface area contributed by atoms with E-state index in [1.54, 1.807) is 0 Å². The van der Waals surface area contributed by atoms with Crippen LogP contribution in [0, 0.1) is 0 Å². The van der Waals surface area contributed by atoms with Crippen LogP contribution in [-0.2, 0) is 9.59 Å². The minimum Gasteiger partial charge on any atom is -0.368 e. The standard InChI is InChI=1S/C15H17N3O2/c1-10-2-5-15(20)18(10)13-4-3-11-7-14(17-9-19)16-8-12(11)6-13/h3-4,6-10,14,16H,2,5H2,1H3,(H,17,19)/t10-,14?/m1/s1. The van der Waals surface area contributed by atoms with E-state index >= 15 is 0 Å². The van der Waals surface area contributed by atoms with Gasteiger partial charge in [-0.15, -0.1) is 0 Å². The largest absolute Gasteiger partial charge is 0.368 e. The highest BCUT2D eigenvalue weighted by atomic mass is 16.2. The molecule has 2 aliphatic rings. The molecular formula is C15H17N3O2. The number of amides is 2. The number of hydrogen-bond donors (Lipinski definition) is 2. The molecule has 3 rings (SSSR count). The van der Waals surface area contributed by atoms with Crippen LogP contribution >= 0.6 is 0 Å². The van der Waals surface area contributed by atoms with Crippen LogP contribution in [0.3, 0.4) is 0 Å². The summed E-state index contributed by atoms with van der Waals surface area (Å²) in [6, 6.07) is 6.22. The van der Waals surface area contributed by atoms with Gasteiger partial charge in [-0.2, -0.15) is 0 Å². The topological polar surface area (TPSA) is 61.4 Å². The van der Waals surface area contributed by atoms with E-state index in [4.69, 9.17) is 0 Å². The second-order valence-corrected chi connectivity index (χ2v) is 5.20. The summed E-state index contributed by atoms with van der Waals surface area (Å²) in [4.78, 5) is 24.3. The van der Waals surface area contributed by atoms with Crippen LogP contribution in [0.2, 0.25) is 0 Å². The fourth-order valence-electron chi connectivity index (χ4n) is 2.79. The van der Waals surface area contributed by atoms with Crippen molar-refractivity contribution in [3.8, 4) is 0 Å². The number of hydrogen-bond acceptors (Lipinski definition) is 3. The maximum absolute atomic E-state index is 11.9. The monoisotopic (exact) mass is 271 g/mol. The molecule has 2 aliphatic heterocycles. The summed E-state index contributed by atoms with van der Waals surface area (Å²) in [7, 11) is 0. The number of benzene rings is 1. The maximum atomic E-state index is 11.9. The Hall–Kier alpha value is -2.30. The summed E-state index contributed by atoms with van der Waals surface area (Å²) in [5.74, 6) is 0.186. The van der Waals surface area contributed by atoms with Crippen LogP contribution in [-0.4, -0.2) is 24.5 Å². The molecule has 2 amide bonds. The Morgan fingerprint density at radius 3 is 2.95 bits per heavy atom. The quantitative estimate of drug-likeness (QED) is 0.721. The van der Waals surface area contributed by atoms with Gasteiger partial charge in [-0.25, -0.2) is 0 Å². The SMILES string of the molecule is C[C@@H]1CCC(=O)N1c1ccc2c(c1)=CNC(NC=O)C=2. The number of anilines is 1. The lowest BCUT2D eigenvalue weighted by Gasteiger charge is -2.22. The van der Waals surface area contributed by atoms with E-state index in [1.165, 1.54) is 0 Å². The van der Waals surface area contributed by atoms with Gasteiger partial charge < -0.3 is 15.5 Å². The predicted molar refractivity (Wildman–Crippen MR) is 76.9 cm³/mol. The average Bonchev–Trinajstić information content (AvgIpc) is 2.78. The van der Waals surface area contributed by atoms with E-state index in [0.29, 0.717) is 12.8 Å². The summed E-state index contributed by atoms with van der Waals surface area (Å²) < 4.78 is 0. The molecule has 5 heteroatoms. The van der Waals surface area contributed by atoms with Gasteiger partial charge in [0.15, 0.2) is 0 Å². The Morgan fingerprint density at radius 1 is 1.40 bits per heavy atom. The van der Waals surface area contributed by atoms with Gasteiger partial charge >= 0.3 is 0 Å². The number of rotatable bonds is 3. The Morgan fingerprint density at radius 2 is 2.25 bits per heavy atom. The zero-order valence-electron chi connectivity index (χ0n) is 11.3. The van der Waals surface area contributed by atoms with Gasteiger partial charge in [0.1, 0.15) is 6.17 Å². The smallest absolute Gasteiger partial charge is 0.227 e. The minimum atomic E-state index is -0.182. The molecule has 104 valence electrons. The highest BCUT2D eigenvalue weighted by Crippen LogP contribution is 2.24. The third-order valence-corrected chi connectivity index (χ3v) is 3.85. The molecule has 2 atom stereocenters. The van der Waals surface area contributed by atoms with Gasteiger partial charge in [0.2, 0.25) is 12.3 Å². The number of carbonyl (C=O) groups is 2. The van der Waals surface area contributed by atoms with E-state index in [1.807, 2.05) is 35.4 Å². The van der Waals surface area contributed by atoms with Gasteiger partial charge in [-0.3, -0.25) is 9.59 Å². The van der Waals surface area contributed by atoms with E-state index in [2.05, 4.69) is 17.6 Å². The van der Waals surface area contributed by atoms with Crippen molar-refractivity contribution in [2.24, 2.45) is 0 Å². The first-order valence-corrected chi connectivity index (χ1v) is 6.79. The second kappa shape index (κ2) is 5.00. The summed E-state index contributed by atoms with van der Waals surface area (Å²) in [5, 5.41) is 7.83. The molecule has 1 fully saturated rings. The highest BCUT2D eigenvalue weighted by Gasteiger charge is 2.28. The van der Waals surface area contributed by atoms with Crippen LogP contribution in [0.15, 0.2) is 18.2 Å². The predicted octanol–water partition coefficient (Wildman–Crippen LogP) is -0.604. The Balaban J connectivity index is 1.97. The van der Waals surface area contributed by atoms with E-state index in [0.717, 1.165) is 22.5 Å². The first-order chi connectivity index (χ1) is 9.69. The molecule has 0 aliphatic carbocycles. The molecule has 1 aromatic rings. The Kier molecular flexibility index (Phi) is 3.18. The lowest BCUT2D eigenvalue weighted by molar-refractivity contribution is -0.117. The fourth-order valence-corrected chi connectivity index (χ4v) is 2.79. The third kappa shape index (κ3) is 2.15. The second-order valence-electron chi connectivity index (χ2n) is 5.20. The Labute approximate surface area is 117 Å². The van der Waals surface area contributed by atoms with Crippen molar-refractivity contribution in [2.75, 3.05) is 4.90 Å². The van der Waals surface area contributed by atoms with Crippen molar-refractivity contribution < 1.29 is 9.59 Å². The van der Waals surface area contributed by atoms with Crippen LogP contribution in [0.1, 0.15) is 19.8 Å². The van der Waals surface area contributed by atoms with E-state index < -0.39 is 0 Å². The van der Waals surface area contributed by atoms with E-state index in [9.17, 15) is 9.59 Å². The van der Waals surface area contributed by atoms with Gasteiger partial charge in [-0.05, 0) is 42.0 Å². The molecule has 0 bridgehead atoms. The van der Waals surface area contributed by atoms with Crippen molar-refractivity contribution in [3.63, 3.8) is 0 Å². The van der Waals surface area contributed by atoms with Gasteiger partial charge in [0, 0.05) is 24.4 Å². The number of nitrogens with zero attached hydrogens (tertiary/aromatic N) is 1. The number of carbonyl (C=O) groups excluding carboxylic acids is 2. The van der Waals surface area contributed by atoms with Crippen molar-refractivity contribution >= 4 is 30.3 Å².